The fourth-order valence-corrected chi connectivity index (χ4v) is 6.82. The van der Waals surface area contributed by atoms with Crippen molar-refractivity contribution in [1.29, 1.82) is 0 Å². The smallest absolute Gasteiger partial charge is 0.262 e. The number of rotatable bonds is 9. The molecule has 0 radical (unpaired) electrons. The molecule has 0 N–H and O–H groups in total. The van der Waals surface area contributed by atoms with E-state index < -0.39 is 18.2 Å². The monoisotopic (exact) mass is 586 g/mol. The first-order chi connectivity index (χ1) is 21.0. The second kappa shape index (κ2) is 12.8. The van der Waals surface area contributed by atoms with Gasteiger partial charge in [0.2, 0.25) is 11.4 Å². The maximum absolute atomic E-state index is 13.7. The van der Waals surface area contributed by atoms with E-state index in [9.17, 15) is 9.90 Å². The van der Waals surface area contributed by atoms with E-state index in [0.29, 0.717) is 0 Å². The van der Waals surface area contributed by atoms with Crippen LogP contribution < -0.4 is 10.0 Å². The van der Waals surface area contributed by atoms with E-state index in [1.807, 2.05) is 36.4 Å². The summed E-state index contributed by atoms with van der Waals surface area (Å²) in [5.41, 5.74) is 9.41. The van der Waals surface area contributed by atoms with E-state index in [1.54, 1.807) is 0 Å². The van der Waals surface area contributed by atoms with Crippen molar-refractivity contribution in [2.24, 2.45) is 0 Å². The molecule has 228 valence electrons. The third kappa shape index (κ3) is 5.58. The van der Waals surface area contributed by atoms with Gasteiger partial charge in [0.15, 0.2) is 6.04 Å². The number of hydrogen-bond donors (Lipinski definition) is 0. The van der Waals surface area contributed by atoms with Crippen molar-refractivity contribution >= 4 is 23.1 Å². The summed E-state index contributed by atoms with van der Waals surface area (Å²) in [4.78, 5) is 15.9. The van der Waals surface area contributed by atoms with Crippen LogP contribution in [0.4, 0.5) is 11.4 Å². The predicted octanol–water partition coefficient (Wildman–Crippen LogP) is 8.65. The van der Waals surface area contributed by atoms with E-state index in [0.717, 1.165) is 39.3 Å². The van der Waals surface area contributed by atoms with Crippen LogP contribution in [0.1, 0.15) is 119 Å². The summed E-state index contributed by atoms with van der Waals surface area (Å²) in [6, 6.07) is 32.4. The van der Waals surface area contributed by atoms with Gasteiger partial charge in [-0.3, -0.25) is 4.90 Å². The average molecular weight is 587 g/mol. The lowest BCUT2D eigenvalue weighted by atomic mass is 9.90. The number of anilines is 1. The highest BCUT2D eigenvalue weighted by Gasteiger charge is 2.53. The van der Waals surface area contributed by atoms with Gasteiger partial charge in [0.05, 0.1) is 11.7 Å². The molecule has 1 aliphatic rings. The summed E-state index contributed by atoms with van der Waals surface area (Å²) in [6.45, 7) is 17.6. The Balaban J connectivity index is 2.03. The molecule has 1 aliphatic heterocycles. The molecule has 0 amide bonds. The Morgan fingerprint density at radius 3 is 1.48 bits per heavy atom. The van der Waals surface area contributed by atoms with Crippen LogP contribution in [0.5, 0.6) is 0 Å². The number of hydrogen-bond acceptors (Lipinski definition) is 3. The highest BCUT2D eigenvalue weighted by Crippen LogP contribution is 2.48. The Morgan fingerprint density at radius 1 is 0.614 bits per heavy atom. The maximum atomic E-state index is 13.7. The van der Waals surface area contributed by atoms with Gasteiger partial charge in [-0.05, 0) is 46.9 Å². The first-order valence-corrected chi connectivity index (χ1v) is 16.1. The summed E-state index contributed by atoms with van der Waals surface area (Å²) in [6.07, 6.45) is -0.427. The van der Waals surface area contributed by atoms with Crippen molar-refractivity contribution in [2.75, 3.05) is 4.90 Å². The third-order valence-corrected chi connectivity index (χ3v) is 8.88. The van der Waals surface area contributed by atoms with E-state index in [4.69, 9.17) is 0 Å². The zero-order valence-corrected chi connectivity index (χ0v) is 27.4. The van der Waals surface area contributed by atoms with Crippen molar-refractivity contribution in [2.45, 2.75) is 91.3 Å². The SMILES string of the molecule is CC(C)c1cccc(C(C)C)c1N1C(C(=O)[O-])C(c2ccccc2)=[N+](c2c(C(C)C)cccc2C(C)C)C1c1ccccc1. The molecule has 44 heavy (non-hydrogen) atoms. The van der Waals surface area contributed by atoms with Crippen LogP contribution in [0, 0.1) is 0 Å². The van der Waals surface area contributed by atoms with Crippen molar-refractivity contribution in [3.63, 3.8) is 0 Å². The summed E-state index contributed by atoms with van der Waals surface area (Å²) < 4.78 is 2.34. The lowest BCUT2D eigenvalue weighted by molar-refractivity contribution is -0.482. The van der Waals surface area contributed by atoms with E-state index >= 15 is 0 Å². The maximum Gasteiger partial charge on any atom is 0.262 e. The van der Waals surface area contributed by atoms with E-state index in [-0.39, 0.29) is 23.7 Å². The van der Waals surface area contributed by atoms with Gasteiger partial charge >= 0.3 is 0 Å². The highest BCUT2D eigenvalue weighted by atomic mass is 16.4. The quantitative estimate of drug-likeness (QED) is 0.184. The topological polar surface area (TPSA) is 46.4 Å². The summed E-state index contributed by atoms with van der Waals surface area (Å²) in [7, 11) is 0. The van der Waals surface area contributed by atoms with Crippen LogP contribution in [0.3, 0.4) is 0 Å². The molecule has 4 heteroatoms. The minimum Gasteiger partial charge on any atom is -0.547 e. The number of aliphatic carboxylic acids is 1. The van der Waals surface area contributed by atoms with Crippen molar-refractivity contribution in [1.82, 2.24) is 0 Å². The Hall–Kier alpha value is -4.18. The van der Waals surface area contributed by atoms with Gasteiger partial charge in [0.25, 0.3) is 6.17 Å². The van der Waals surface area contributed by atoms with Crippen LogP contribution in [-0.4, -0.2) is 22.3 Å². The van der Waals surface area contributed by atoms with Crippen LogP contribution in [0.25, 0.3) is 0 Å². The molecule has 4 aromatic rings. The van der Waals surface area contributed by atoms with Crippen molar-refractivity contribution in [3.05, 3.63) is 130 Å². The second-order valence-corrected chi connectivity index (χ2v) is 13.2. The molecular weight excluding hydrogens is 540 g/mol. The number of carboxylic acids is 1. The molecule has 0 spiro atoms. The van der Waals surface area contributed by atoms with E-state index in [1.165, 1.54) is 11.1 Å². The normalized spacial score (nSPS) is 17.0. The number of para-hydroxylation sites is 2. The Bertz CT molecular complexity index is 1600. The number of benzene rings is 4. The minimum atomic E-state index is -1.10. The largest absolute Gasteiger partial charge is 0.547 e. The van der Waals surface area contributed by atoms with E-state index in [2.05, 4.69) is 126 Å². The van der Waals surface area contributed by atoms with Gasteiger partial charge in [-0.2, -0.15) is 4.58 Å². The van der Waals surface area contributed by atoms with Crippen LogP contribution in [0.2, 0.25) is 0 Å². The van der Waals surface area contributed by atoms with Gasteiger partial charge < -0.3 is 9.90 Å². The number of carboxylic acid groups (broad SMARTS) is 1. The molecule has 0 saturated carbocycles. The second-order valence-electron chi connectivity index (χ2n) is 13.2. The Kier molecular flexibility index (Phi) is 9.10. The molecule has 2 atom stereocenters. The lowest BCUT2D eigenvalue weighted by Gasteiger charge is -2.35. The zero-order valence-electron chi connectivity index (χ0n) is 27.4. The molecule has 0 aliphatic carbocycles. The molecular formula is C40H46N2O2. The van der Waals surface area contributed by atoms with Gasteiger partial charge in [-0.25, -0.2) is 0 Å². The molecule has 5 rings (SSSR count). The van der Waals surface area contributed by atoms with Crippen molar-refractivity contribution in [3.8, 4) is 0 Å². The standard InChI is InChI=1S/C40H46N2O2/c1-25(2)31-21-15-22-32(26(3)4)36(31)41-35(29-17-11-9-12-18-29)38(40(43)44)42(39(41)30-19-13-10-14-20-30)37-33(27(5)6)23-16-24-34(37)28(7)8/h9-28,38-39H,1-8H3. The zero-order chi connectivity index (χ0) is 31.7. The molecule has 1 heterocycles. The van der Waals surface area contributed by atoms with Crippen LogP contribution >= 0.6 is 0 Å². The van der Waals surface area contributed by atoms with Gasteiger partial charge in [-0.15, -0.1) is 0 Å². The van der Waals surface area contributed by atoms with Crippen LogP contribution in [-0.2, 0) is 4.79 Å². The summed E-state index contributed by atoms with van der Waals surface area (Å²) in [5.74, 6) is -0.283. The number of carbonyl (C=O) groups excluding carboxylic acids is 1. The third-order valence-electron chi connectivity index (χ3n) is 8.88. The van der Waals surface area contributed by atoms with Crippen molar-refractivity contribution < 1.29 is 14.5 Å². The molecule has 0 bridgehead atoms. The lowest BCUT2D eigenvalue weighted by Crippen LogP contribution is -2.51. The Morgan fingerprint density at radius 2 is 1.05 bits per heavy atom. The first kappa shape index (κ1) is 31.3. The predicted molar refractivity (Wildman–Crippen MR) is 180 cm³/mol. The summed E-state index contributed by atoms with van der Waals surface area (Å²) >= 11 is 0. The number of nitrogens with zero attached hydrogens (tertiary/aromatic N) is 2. The van der Waals surface area contributed by atoms with Gasteiger partial charge in [0.1, 0.15) is 0 Å². The molecule has 0 saturated heterocycles. The minimum absolute atomic E-state index is 0.186. The fraction of sp³-hybridized carbons (Fsp3) is 0.350. The first-order valence-electron chi connectivity index (χ1n) is 16.1. The van der Waals surface area contributed by atoms with Gasteiger partial charge in [-0.1, -0.05) is 140 Å². The van der Waals surface area contributed by atoms with Gasteiger partial charge in [0, 0.05) is 22.3 Å². The van der Waals surface area contributed by atoms with Crippen LogP contribution in [0.15, 0.2) is 97.1 Å². The average Bonchev–Trinajstić information content (AvgIpc) is 3.36. The fourth-order valence-electron chi connectivity index (χ4n) is 6.82. The molecule has 4 aromatic carbocycles. The summed E-state index contributed by atoms with van der Waals surface area (Å²) in [5, 5.41) is 13.7. The Labute approximate surface area is 263 Å². The highest BCUT2D eigenvalue weighted by molar-refractivity contribution is 6.15. The molecule has 2 unspecified atom stereocenters. The number of carbonyl (C=O) groups is 1. The molecule has 0 aromatic heterocycles. The molecule has 0 fully saturated rings. The molecule has 4 nitrogen and oxygen atoms in total.